The number of phenolic OH excluding ortho intramolecular Hbond substituents is 1. The van der Waals surface area contributed by atoms with Crippen LogP contribution in [0.4, 0.5) is 0 Å². The van der Waals surface area contributed by atoms with Crippen LogP contribution in [0.1, 0.15) is 53.3 Å². The highest BCUT2D eigenvalue weighted by Crippen LogP contribution is 2.49. The minimum Gasteiger partial charge on any atom is -0.507 e. The highest BCUT2D eigenvalue weighted by Gasteiger charge is 2.70. The molecule has 0 saturated carbocycles. The fraction of sp³-hybridized carbons (Fsp3) is 0.526. The number of aromatic hydroxyl groups is 1. The molecule has 1 heterocycles. The number of methoxy groups -OCH3 is 1. The topological polar surface area (TPSA) is 156 Å². The third-order valence-electron chi connectivity index (χ3n) is 5.48. The van der Waals surface area contributed by atoms with Crippen LogP contribution < -0.4 is 10.5 Å². The van der Waals surface area contributed by atoms with Crippen LogP contribution in [0.25, 0.3) is 0 Å². The van der Waals surface area contributed by atoms with E-state index < -0.39 is 58.6 Å². The molecule has 28 heavy (non-hydrogen) atoms. The van der Waals surface area contributed by atoms with Gasteiger partial charge in [-0.3, -0.25) is 14.4 Å². The summed E-state index contributed by atoms with van der Waals surface area (Å²) in [5.74, 6) is -3.10. The van der Waals surface area contributed by atoms with Crippen molar-refractivity contribution in [3.8, 4) is 11.5 Å². The van der Waals surface area contributed by atoms with Crippen LogP contribution in [0.15, 0.2) is 12.1 Å². The van der Waals surface area contributed by atoms with Crippen molar-refractivity contribution in [2.75, 3.05) is 7.11 Å². The fourth-order valence-electron chi connectivity index (χ4n) is 4.16. The van der Waals surface area contributed by atoms with E-state index in [9.17, 15) is 29.7 Å². The Bertz CT molecular complexity index is 853. The van der Waals surface area contributed by atoms with Crippen molar-refractivity contribution in [2.24, 2.45) is 5.73 Å². The van der Waals surface area contributed by atoms with Gasteiger partial charge in [-0.2, -0.15) is 0 Å². The number of nitrogens with two attached hydrogens (primary N) is 1. The van der Waals surface area contributed by atoms with Crippen molar-refractivity contribution in [1.82, 2.24) is 0 Å². The number of carbonyl (C=O) groups excluding carboxylic acids is 3. The van der Waals surface area contributed by atoms with E-state index in [1.165, 1.54) is 13.2 Å². The highest BCUT2D eigenvalue weighted by molar-refractivity contribution is 6.23. The van der Waals surface area contributed by atoms with Crippen molar-refractivity contribution in [3.63, 3.8) is 0 Å². The SMILES string of the molecule is CCCC1OC(CC(N)=O)CC2(O)C(=O)c3cc(OC)cc(O)c3C(=O)C12O. The predicted octanol–water partition coefficient (Wildman–Crippen LogP) is 0.0750. The first kappa shape index (κ1) is 20.2. The van der Waals surface area contributed by atoms with E-state index in [0.717, 1.165) is 6.07 Å². The zero-order chi connectivity index (χ0) is 20.9. The van der Waals surface area contributed by atoms with E-state index in [-0.39, 0.29) is 24.2 Å². The molecular weight excluding hydrogens is 370 g/mol. The zero-order valence-electron chi connectivity index (χ0n) is 15.6. The summed E-state index contributed by atoms with van der Waals surface area (Å²) in [5.41, 5.74) is -0.572. The van der Waals surface area contributed by atoms with Crippen LogP contribution >= 0.6 is 0 Å². The van der Waals surface area contributed by atoms with Gasteiger partial charge in [0.15, 0.2) is 17.0 Å². The Labute approximate surface area is 161 Å². The summed E-state index contributed by atoms with van der Waals surface area (Å²) in [6.07, 6.45) is -2.37. The lowest BCUT2D eigenvalue weighted by Crippen LogP contribution is -2.75. The van der Waals surface area contributed by atoms with E-state index >= 15 is 0 Å². The summed E-state index contributed by atoms with van der Waals surface area (Å²) in [5, 5.41) is 32.9. The molecule has 5 N–H and O–H groups in total. The monoisotopic (exact) mass is 393 g/mol. The average molecular weight is 393 g/mol. The van der Waals surface area contributed by atoms with Gasteiger partial charge in [0.05, 0.1) is 31.3 Å². The summed E-state index contributed by atoms with van der Waals surface area (Å²) >= 11 is 0. The number of fused-ring (bicyclic) bond motifs is 2. The van der Waals surface area contributed by atoms with E-state index in [4.69, 9.17) is 15.2 Å². The Kier molecular flexibility index (Phi) is 4.95. The second-order valence-corrected chi connectivity index (χ2v) is 7.26. The molecule has 1 aliphatic heterocycles. The van der Waals surface area contributed by atoms with Gasteiger partial charge < -0.3 is 30.5 Å². The fourth-order valence-corrected chi connectivity index (χ4v) is 4.16. The number of benzene rings is 1. The molecule has 0 aromatic heterocycles. The number of carbonyl (C=O) groups is 3. The van der Waals surface area contributed by atoms with Crippen LogP contribution in [0.5, 0.6) is 11.5 Å². The molecule has 1 aromatic carbocycles. The lowest BCUT2D eigenvalue weighted by molar-refractivity contribution is -0.233. The quantitative estimate of drug-likeness (QED) is 0.548. The summed E-state index contributed by atoms with van der Waals surface area (Å²) in [7, 11) is 1.32. The molecule has 9 nitrogen and oxygen atoms in total. The van der Waals surface area contributed by atoms with Crippen molar-refractivity contribution in [3.05, 3.63) is 23.3 Å². The second kappa shape index (κ2) is 6.84. The van der Waals surface area contributed by atoms with Gasteiger partial charge >= 0.3 is 0 Å². The number of amides is 1. The molecule has 1 aliphatic carbocycles. The third kappa shape index (κ3) is 2.69. The smallest absolute Gasteiger partial charge is 0.220 e. The molecular formula is C19H23NO8. The van der Waals surface area contributed by atoms with Crippen LogP contribution in [0.3, 0.4) is 0 Å². The van der Waals surface area contributed by atoms with Crippen molar-refractivity contribution in [2.45, 2.75) is 56.0 Å². The minimum absolute atomic E-state index is 0.109. The van der Waals surface area contributed by atoms with Gasteiger partial charge in [-0.05, 0) is 12.5 Å². The summed E-state index contributed by atoms with van der Waals surface area (Å²) in [6, 6.07) is 2.37. The van der Waals surface area contributed by atoms with Crippen LogP contribution in [0.2, 0.25) is 0 Å². The molecule has 0 radical (unpaired) electrons. The minimum atomic E-state index is -2.60. The Morgan fingerprint density at radius 2 is 2.00 bits per heavy atom. The summed E-state index contributed by atoms with van der Waals surface area (Å²) < 4.78 is 10.7. The first-order valence-corrected chi connectivity index (χ1v) is 8.99. The normalized spacial score (nSPS) is 31.9. The Morgan fingerprint density at radius 3 is 2.57 bits per heavy atom. The maximum atomic E-state index is 13.2. The van der Waals surface area contributed by atoms with E-state index in [1.54, 1.807) is 6.92 Å². The lowest BCUT2D eigenvalue weighted by atomic mass is 9.60. The predicted molar refractivity (Wildman–Crippen MR) is 95.2 cm³/mol. The maximum absolute atomic E-state index is 13.2. The van der Waals surface area contributed by atoms with Gasteiger partial charge in [-0.1, -0.05) is 13.3 Å². The molecule has 1 fully saturated rings. The molecule has 0 bridgehead atoms. The Balaban J connectivity index is 2.21. The maximum Gasteiger partial charge on any atom is 0.220 e. The standard InChI is InChI=1S/C19H23NO8/c1-3-4-13-19(26)17(24)15-11(5-9(27-2)6-12(15)21)16(23)18(19,25)8-10(28-13)7-14(20)22/h5-6,10,13,21,25-26H,3-4,7-8H2,1-2H3,(H2,20,22). The molecule has 2 aliphatic rings. The first-order valence-electron chi connectivity index (χ1n) is 8.99. The zero-order valence-corrected chi connectivity index (χ0v) is 15.6. The molecule has 0 spiro atoms. The number of aliphatic hydroxyl groups is 2. The molecule has 1 amide bonds. The van der Waals surface area contributed by atoms with Crippen LogP contribution in [-0.2, 0) is 9.53 Å². The average Bonchev–Trinajstić information content (AvgIpc) is 2.62. The molecule has 9 heteroatoms. The Hall–Kier alpha value is -2.49. The summed E-state index contributed by atoms with van der Waals surface area (Å²) in [4.78, 5) is 37.8. The number of ether oxygens (including phenoxy) is 2. The molecule has 152 valence electrons. The van der Waals surface area contributed by atoms with Crippen molar-refractivity contribution >= 4 is 17.5 Å². The first-order chi connectivity index (χ1) is 13.1. The lowest BCUT2D eigenvalue weighted by Gasteiger charge is -2.53. The number of rotatable bonds is 5. The van der Waals surface area contributed by atoms with Gasteiger partial charge in [0, 0.05) is 18.1 Å². The molecule has 4 unspecified atom stereocenters. The number of ketones is 2. The summed E-state index contributed by atoms with van der Waals surface area (Å²) in [6.45, 7) is 1.77. The molecule has 3 rings (SSSR count). The van der Waals surface area contributed by atoms with Gasteiger partial charge in [-0.25, -0.2) is 0 Å². The number of hydrogen-bond donors (Lipinski definition) is 4. The van der Waals surface area contributed by atoms with Crippen molar-refractivity contribution in [1.29, 1.82) is 0 Å². The van der Waals surface area contributed by atoms with E-state index in [1.807, 2.05) is 0 Å². The second-order valence-electron chi connectivity index (χ2n) is 7.26. The van der Waals surface area contributed by atoms with E-state index in [2.05, 4.69) is 0 Å². The number of phenols is 1. The van der Waals surface area contributed by atoms with E-state index in [0.29, 0.717) is 6.42 Å². The van der Waals surface area contributed by atoms with Crippen molar-refractivity contribution < 1.29 is 39.2 Å². The van der Waals surface area contributed by atoms with Gasteiger partial charge in [0.25, 0.3) is 0 Å². The van der Waals surface area contributed by atoms with Gasteiger partial charge in [0.2, 0.25) is 11.7 Å². The molecule has 1 saturated heterocycles. The molecule has 4 atom stereocenters. The number of hydrogen-bond acceptors (Lipinski definition) is 8. The largest absolute Gasteiger partial charge is 0.507 e. The number of primary amides is 1. The molecule has 1 aromatic rings. The highest BCUT2D eigenvalue weighted by atomic mass is 16.5. The van der Waals surface area contributed by atoms with Gasteiger partial charge in [-0.15, -0.1) is 0 Å². The van der Waals surface area contributed by atoms with Gasteiger partial charge in [0.1, 0.15) is 11.5 Å². The van der Waals surface area contributed by atoms with Crippen LogP contribution in [-0.4, -0.2) is 63.3 Å². The number of Topliss-reactive ketones (excluding diaryl/α,β-unsaturated/α-hetero) is 2. The Morgan fingerprint density at radius 1 is 1.32 bits per heavy atom. The third-order valence-corrected chi connectivity index (χ3v) is 5.48. The van der Waals surface area contributed by atoms with Crippen LogP contribution in [0, 0.1) is 0 Å².